The van der Waals surface area contributed by atoms with E-state index in [1.807, 2.05) is 24.3 Å². The minimum absolute atomic E-state index is 0.00780. The number of nitrogens with zero attached hydrogens (tertiary/aromatic N) is 2. The van der Waals surface area contributed by atoms with Gasteiger partial charge in [0.1, 0.15) is 5.82 Å². The molecule has 2 amide bonds. The van der Waals surface area contributed by atoms with Gasteiger partial charge in [-0.15, -0.1) is 0 Å². The number of hydrogen-bond donors (Lipinski definition) is 1. The highest BCUT2D eigenvalue weighted by molar-refractivity contribution is 5.93. The molecule has 28 heavy (non-hydrogen) atoms. The second-order valence-corrected chi connectivity index (χ2v) is 7.02. The third-order valence-electron chi connectivity index (χ3n) is 5.01. The summed E-state index contributed by atoms with van der Waals surface area (Å²) in [5, 5.41) is 2.98. The van der Waals surface area contributed by atoms with Gasteiger partial charge in [-0.3, -0.25) is 14.5 Å². The lowest BCUT2D eigenvalue weighted by Crippen LogP contribution is -2.50. The van der Waals surface area contributed by atoms with Crippen LogP contribution in [0.3, 0.4) is 0 Å². The monoisotopic (exact) mass is 383 g/mol. The number of amides is 2. The zero-order valence-corrected chi connectivity index (χ0v) is 16.2. The van der Waals surface area contributed by atoms with Crippen LogP contribution >= 0.6 is 0 Å². The molecule has 5 nitrogen and oxygen atoms in total. The van der Waals surface area contributed by atoms with Crippen LogP contribution in [0.2, 0.25) is 0 Å². The molecule has 0 atom stereocenters. The molecule has 1 aliphatic heterocycles. The predicted molar refractivity (Wildman–Crippen MR) is 108 cm³/mol. The van der Waals surface area contributed by atoms with Crippen LogP contribution in [-0.4, -0.2) is 54.3 Å². The predicted octanol–water partition coefficient (Wildman–Crippen LogP) is 2.71. The van der Waals surface area contributed by atoms with Crippen molar-refractivity contribution in [2.75, 3.05) is 38.0 Å². The Balaban J connectivity index is 1.46. The van der Waals surface area contributed by atoms with Gasteiger partial charge in [-0.2, -0.15) is 0 Å². The lowest BCUT2D eigenvalue weighted by Gasteiger charge is -2.34. The largest absolute Gasteiger partial charge is 0.340 e. The third-order valence-corrected chi connectivity index (χ3v) is 5.01. The van der Waals surface area contributed by atoms with Crippen molar-refractivity contribution in [2.45, 2.75) is 19.8 Å². The summed E-state index contributed by atoms with van der Waals surface area (Å²) in [6.45, 7) is 4.82. The molecule has 0 bridgehead atoms. The fourth-order valence-electron chi connectivity index (χ4n) is 3.43. The Morgan fingerprint density at radius 3 is 2.50 bits per heavy atom. The molecule has 2 aromatic rings. The summed E-state index contributed by atoms with van der Waals surface area (Å²) in [5.74, 6) is -0.377. The topological polar surface area (TPSA) is 52.7 Å². The summed E-state index contributed by atoms with van der Waals surface area (Å²) in [7, 11) is 0. The van der Waals surface area contributed by atoms with Gasteiger partial charge in [-0.25, -0.2) is 4.39 Å². The number of halogens is 1. The lowest BCUT2D eigenvalue weighted by atomic mass is 10.1. The second kappa shape index (κ2) is 9.46. The van der Waals surface area contributed by atoms with Gasteiger partial charge in [0.05, 0.1) is 13.0 Å². The molecule has 1 aliphatic rings. The molecule has 2 aromatic carbocycles. The normalized spacial score (nSPS) is 14.7. The smallest absolute Gasteiger partial charge is 0.238 e. The molecule has 0 aromatic heterocycles. The lowest BCUT2D eigenvalue weighted by molar-refractivity contribution is -0.132. The number of para-hydroxylation sites is 1. The van der Waals surface area contributed by atoms with E-state index in [0.29, 0.717) is 38.3 Å². The third kappa shape index (κ3) is 5.39. The van der Waals surface area contributed by atoms with E-state index in [9.17, 15) is 14.0 Å². The fourth-order valence-corrected chi connectivity index (χ4v) is 3.43. The van der Waals surface area contributed by atoms with Crippen molar-refractivity contribution in [3.8, 4) is 0 Å². The second-order valence-electron chi connectivity index (χ2n) is 7.02. The molecule has 3 rings (SSSR count). The van der Waals surface area contributed by atoms with E-state index in [1.54, 1.807) is 17.0 Å². The minimum atomic E-state index is -0.328. The number of piperazine rings is 1. The van der Waals surface area contributed by atoms with Crippen molar-refractivity contribution in [2.24, 2.45) is 0 Å². The van der Waals surface area contributed by atoms with Crippen LogP contribution in [-0.2, 0) is 22.4 Å². The molecule has 1 saturated heterocycles. The van der Waals surface area contributed by atoms with Gasteiger partial charge in [0.25, 0.3) is 0 Å². The maximum atomic E-state index is 13.3. The van der Waals surface area contributed by atoms with Gasteiger partial charge < -0.3 is 10.2 Å². The zero-order chi connectivity index (χ0) is 19.9. The Kier molecular flexibility index (Phi) is 6.76. The van der Waals surface area contributed by atoms with E-state index < -0.39 is 0 Å². The van der Waals surface area contributed by atoms with E-state index in [0.717, 1.165) is 17.7 Å². The van der Waals surface area contributed by atoms with E-state index in [4.69, 9.17) is 0 Å². The quantitative estimate of drug-likeness (QED) is 0.835. The summed E-state index contributed by atoms with van der Waals surface area (Å²) in [4.78, 5) is 28.6. The van der Waals surface area contributed by atoms with Crippen LogP contribution in [0.5, 0.6) is 0 Å². The van der Waals surface area contributed by atoms with Gasteiger partial charge >= 0.3 is 0 Å². The maximum absolute atomic E-state index is 13.3. The standard InChI is InChI=1S/C22H26FN3O2/c1-2-18-7-3-4-9-20(18)24-21(27)16-25-10-12-26(13-11-25)22(28)15-17-6-5-8-19(23)14-17/h3-9,14H,2,10-13,15-16H2,1H3,(H,24,27). The molecular weight excluding hydrogens is 357 g/mol. The minimum Gasteiger partial charge on any atom is -0.340 e. The van der Waals surface area contributed by atoms with E-state index in [1.165, 1.54) is 12.1 Å². The van der Waals surface area contributed by atoms with E-state index in [2.05, 4.69) is 17.1 Å². The number of carbonyl (C=O) groups is 2. The number of carbonyl (C=O) groups excluding carboxylic acids is 2. The Morgan fingerprint density at radius 1 is 1.04 bits per heavy atom. The van der Waals surface area contributed by atoms with Crippen LogP contribution in [0, 0.1) is 5.82 Å². The molecule has 0 unspecified atom stereocenters. The van der Waals surface area contributed by atoms with E-state index in [-0.39, 0.29) is 24.1 Å². The van der Waals surface area contributed by atoms with Crippen molar-refractivity contribution in [1.82, 2.24) is 9.80 Å². The van der Waals surface area contributed by atoms with Gasteiger partial charge in [0.15, 0.2) is 0 Å². The van der Waals surface area contributed by atoms with Crippen molar-refractivity contribution < 1.29 is 14.0 Å². The first-order chi connectivity index (χ1) is 13.5. The Morgan fingerprint density at radius 2 is 1.79 bits per heavy atom. The molecule has 1 heterocycles. The Hall–Kier alpha value is -2.73. The highest BCUT2D eigenvalue weighted by atomic mass is 19.1. The average molecular weight is 383 g/mol. The molecule has 6 heteroatoms. The fraction of sp³-hybridized carbons (Fsp3) is 0.364. The molecule has 148 valence electrons. The summed E-state index contributed by atoms with van der Waals surface area (Å²) < 4.78 is 13.3. The first-order valence-electron chi connectivity index (χ1n) is 9.67. The molecule has 1 fully saturated rings. The highest BCUT2D eigenvalue weighted by Crippen LogP contribution is 2.15. The van der Waals surface area contributed by atoms with Gasteiger partial charge in [-0.05, 0) is 35.7 Å². The molecule has 0 saturated carbocycles. The number of benzene rings is 2. The molecule has 1 N–H and O–H groups in total. The van der Waals surface area contributed by atoms with Gasteiger partial charge in [0, 0.05) is 31.9 Å². The summed E-state index contributed by atoms with van der Waals surface area (Å²) >= 11 is 0. The SMILES string of the molecule is CCc1ccccc1NC(=O)CN1CCN(C(=O)Cc2cccc(F)c2)CC1. The number of hydrogen-bond acceptors (Lipinski definition) is 3. The zero-order valence-electron chi connectivity index (χ0n) is 16.2. The van der Waals surface area contributed by atoms with Crippen LogP contribution in [0.15, 0.2) is 48.5 Å². The van der Waals surface area contributed by atoms with Crippen molar-refractivity contribution in [3.63, 3.8) is 0 Å². The molecular formula is C22H26FN3O2. The average Bonchev–Trinajstić information content (AvgIpc) is 2.69. The summed E-state index contributed by atoms with van der Waals surface area (Å²) in [6.07, 6.45) is 1.06. The highest BCUT2D eigenvalue weighted by Gasteiger charge is 2.22. The van der Waals surface area contributed by atoms with Crippen molar-refractivity contribution in [3.05, 3.63) is 65.5 Å². The van der Waals surface area contributed by atoms with Crippen molar-refractivity contribution in [1.29, 1.82) is 0 Å². The number of rotatable bonds is 6. The number of anilines is 1. The van der Waals surface area contributed by atoms with Crippen LogP contribution in [0.4, 0.5) is 10.1 Å². The number of nitrogens with one attached hydrogen (secondary N) is 1. The van der Waals surface area contributed by atoms with Gasteiger partial charge in [-0.1, -0.05) is 37.3 Å². The Bertz CT molecular complexity index is 832. The first kappa shape index (κ1) is 20.0. The van der Waals surface area contributed by atoms with Crippen LogP contribution < -0.4 is 5.32 Å². The molecule has 0 aliphatic carbocycles. The molecule has 0 spiro atoms. The van der Waals surface area contributed by atoms with Crippen LogP contribution in [0.1, 0.15) is 18.1 Å². The maximum Gasteiger partial charge on any atom is 0.238 e. The Labute approximate surface area is 165 Å². The van der Waals surface area contributed by atoms with Crippen LogP contribution in [0.25, 0.3) is 0 Å². The van der Waals surface area contributed by atoms with Crippen molar-refractivity contribution >= 4 is 17.5 Å². The van der Waals surface area contributed by atoms with E-state index >= 15 is 0 Å². The first-order valence-corrected chi connectivity index (χ1v) is 9.67. The molecule has 0 radical (unpaired) electrons. The summed E-state index contributed by atoms with van der Waals surface area (Å²) in [6, 6.07) is 14.0. The summed E-state index contributed by atoms with van der Waals surface area (Å²) in [5.41, 5.74) is 2.66. The number of aryl methyl sites for hydroxylation is 1. The van der Waals surface area contributed by atoms with Gasteiger partial charge in [0.2, 0.25) is 11.8 Å².